The summed E-state index contributed by atoms with van der Waals surface area (Å²) in [5.41, 5.74) is 2.44. The van der Waals surface area contributed by atoms with Crippen LogP contribution in [0.2, 0.25) is 5.15 Å². The number of hydrogen-bond donors (Lipinski definition) is 1. The van der Waals surface area contributed by atoms with E-state index >= 15 is 0 Å². The van der Waals surface area contributed by atoms with E-state index in [1.165, 1.54) is 6.26 Å². The maximum absolute atomic E-state index is 12.0. The SMILES string of the molecule is C[C@@H]1COCCN1c1cc(C2CCN(S(C)(=O)=O)CC2)nc(-c2cc(Cl)nc3[nH]ccc23)n1. The molecule has 2 aliphatic rings. The third-order valence-electron chi connectivity index (χ3n) is 6.47. The molecule has 2 saturated heterocycles. The third kappa shape index (κ3) is 4.57. The number of nitrogens with zero attached hydrogens (tertiary/aromatic N) is 5. The molecule has 0 unspecified atom stereocenters. The molecule has 0 aromatic carbocycles. The molecule has 3 aromatic rings. The minimum Gasteiger partial charge on any atom is -0.377 e. The molecule has 11 heteroatoms. The summed E-state index contributed by atoms with van der Waals surface area (Å²) < 4.78 is 31.1. The monoisotopic (exact) mass is 490 g/mol. The van der Waals surface area contributed by atoms with E-state index in [1.54, 1.807) is 10.4 Å². The second-order valence-corrected chi connectivity index (χ2v) is 11.1. The molecule has 0 saturated carbocycles. The van der Waals surface area contributed by atoms with Gasteiger partial charge < -0.3 is 14.6 Å². The van der Waals surface area contributed by atoms with Gasteiger partial charge in [0.05, 0.1) is 25.5 Å². The number of aromatic nitrogens is 4. The number of anilines is 1. The van der Waals surface area contributed by atoms with E-state index in [4.69, 9.17) is 26.3 Å². The molecule has 1 atom stereocenters. The van der Waals surface area contributed by atoms with Gasteiger partial charge in [0.15, 0.2) is 5.82 Å². The van der Waals surface area contributed by atoms with Crippen LogP contribution < -0.4 is 4.90 Å². The number of hydrogen-bond acceptors (Lipinski definition) is 7. The second-order valence-electron chi connectivity index (χ2n) is 8.76. The number of aromatic amines is 1. The van der Waals surface area contributed by atoms with Crippen LogP contribution >= 0.6 is 11.6 Å². The van der Waals surface area contributed by atoms with E-state index in [2.05, 4.69) is 27.9 Å². The Morgan fingerprint density at radius 2 is 1.94 bits per heavy atom. The molecule has 176 valence electrons. The summed E-state index contributed by atoms with van der Waals surface area (Å²) >= 11 is 6.31. The summed E-state index contributed by atoms with van der Waals surface area (Å²) in [6.07, 6.45) is 4.53. The first-order valence-electron chi connectivity index (χ1n) is 11.1. The maximum atomic E-state index is 12.0. The van der Waals surface area contributed by atoms with Crippen LogP contribution in [0.25, 0.3) is 22.4 Å². The molecule has 2 fully saturated rings. The van der Waals surface area contributed by atoms with Crippen LogP contribution in [0.4, 0.5) is 5.82 Å². The highest BCUT2D eigenvalue weighted by molar-refractivity contribution is 7.88. The Morgan fingerprint density at radius 1 is 1.15 bits per heavy atom. The first-order valence-corrected chi connectivity index (χ1v) is 13.3. The number of halogens is 1. The van der Waals surface area contributed by atoms with Gasteiger partial charge >= 0.3 is 0 Å². The van der Waals surface area contributed by atoms with Crippen LogP contribution in [0.15, 0.2) is 24.4 Å². The van der Waals surface area contributed by atoms with Gasteiger partial charge in [-0.2, -0.15) is 0 Å². The van der Waals surface area contributed by atoms with Gasteiger partial charge in [-0.05, 0) is 31.9 Å². The number of piperidine rings is 1. The predicted molar refractivity (Wildman–Crippen MR) is 128 cm³/mol. The van der Waals surface area contributed by atoms with Crippen molar-refractivity contribution >= 4 is 38.5 Å². The van der Waals surface area contributed by atoms with Gasteiger partial charge in [0.1, 0.15) is 16.6 Å². The number of fused-ring (bicyclic) bond motifs is 1. The molecule has 0 aliphatic carbocycles. The van der Waals surface area contributed by atoms with Crippen molar-refractivity contribution in [3.05, 3.63) is 35.2 Å². The lowest BCUT2D eigenvalue weighted by Gasteiger charge is -2.35. The molecule has 2 aliphatic heterocycles. The summed E-state index contributed by atoms with van der Waals surface area (Å²) in [6, 6.07) is 6.00. The van der Waals surface area contributed by atoms with Crippen molar-refractivity contribution in [1.82, 2.24) is 24.2 Å². The fraction of sp³-hybridized carbons (Fsp3) is 0.500. The summed E-state index contributed by atoms with van der Waals surface area (Å²) in [6.45, 7) is 5.16. The number of pyridine rings is 1. The Kier molecular flexibility index (Phi) is 6.02. The first-order chi connectivity index (χ1) is 15.8. The van der Waals surface area contributed by atoms with Crippen molar-refractivity contribution in [2.45, 2.75) is 31.7 Å². The average Bonchev–Trinajstić information content (AvgIpc) is 3.26. The van der Waals surface area contributed by atoms with Crippen LogP contribution in [0.3, 0.4) is 0 Å². The smallest absolute Gasteiger partial charge is 0.211 e. The van der Waals surface area contributed by atoms with Crippen LogP contribution in [0, 0.1) is 0 Å². The molecule has 1 N–H and O–H groups in total. The van der Waals surface area contributed by atoms with Crippen molar-refractivity contribution in [2.75, 3.05) is 44.0 Å². The Bertz CT molecular complexity index is 1270. The zero-order valence-corrected chi connectivity index (χ0v) is 20.2. The number of ether oxygens (including phenoxy) is 1. The quantitative estimate of drug-likeness (QED) is 0.560. The Labute approximate surface area is 198 Å². The summed E-state index contributed by atoms with van der Waals surface area (Å²) in [7, 11) is -3.18. The van der Waals surface area contributed by atoms with Gasteiger partial charge in [-0.15, -0.1) is 0 Å². The highest BCUT2D eigenvalue weighted by atomic mass is 35.5. The lowest BCUT2D eigenvalue weighted by atomic mass is 9.94. The molecule has 5 heterocycles. The van der Waals surface area contributed by atoms with Crippen molar-refractivity contribution in [2.24, 2.45) is 0 Å². The number of sulfonamides is 1. The fourth-order valence-corrected chi connectivity index (χ4v) is 5.74. The van der Waals surface area contributed by atoms with Crippen LogP contribution in [0.1, 0.15) is 31.4 Å². The maximum Gasteiger partial charge on any atom is 0.211 e. The topological polar surface area (TPSA) is 104 Å². The molecule has 0 spiro atoms. The molecule has 3 aromatic heterocycles. The first kappa shape index (κ1) is 22.5. The van der Waals surface area contributed by atoms with Crippen molar-refractivity contribution in [3.8, 4) is 11.4 Å². The van der Waals surface area contributed by atoms with Crippen LogP contribution in [-0.4, -0.2) is 77.8 Å². The third-order valence-corrected chi connectivity index (χ3v) is 7.97. The summed E-state index contributed by atoms with van der Waals surface area (Å²) in [5, 5.41) is 1.28. The molecule has 0 bridgehead atoms. The van der Waals surface area contributed by atoms with Gasteiger partial charge in [-0.3, -0.25) is 0 Å². The van der Waals surface area contributed by atoms with Crippen molar-refractivity contribution in [3.63, 3.8) is 0 Å². The van der Waals surface area contributed by atoms with Crippen LogP contribution in [-0.2, 0) is 14.8 Å². The van der Waals surface area contributed by atoms with E-state index in [1.807, 2.05) is 12.3 Å². The van der Waals surface area contributed by atoms with Crippen molar-refractivity contribution < 1.29 is 13.2 Å². The number of H-pyrrole nitrogens is 1. The van der Waals surface area contributed by atoms with Crippen molar-refractivity contribution in [1.29, 1.82) is 0 Å². The highest BCUT2D eigenvalue weighted by Gasteiger charge is 2.29. The Hall–Kier alpha value is -2.27. The largest absolute Gasteiger partial charge is 0.377 e. The minimum atomic E-state index is -3.18. The minimum absolute atomic E-state index is 0.152. The molecular formula is C22H27ClN6O3S. The molecule has 9 nitrogen and oxygen atoms in total. The van der Waals surface area contributed by atoms with Gasteiger partial charge in [0, 0.05) is 54.5 Å². The summed E-state index contributed by atoms with van der Waals surface area (Å²) in [5.74, 6) is 1.60. The van der Waals surface area contributed by atoms with E-state index in [0.717, 1.165) is 41.8 Å². The molecule has 33 heavy (non-hydrogen) atoms. The lowest BCUT2D eigenvalue weighted by Crippen LogP contribution is -2.44. The van der Waals surface area contributed by atoms with Gasteiger partial charge in [0.25, 0.3) is 0 Å². The fourth-order valence-electron chi connectivity index (χ4n) is 4.67. The number of rotatable bonds is 4. The van der Waals surface area contributed by atoms with Gasteiger partial charge in [0.2, 0.25) is 10.0 Å². The summed E-state index contributed by atoms with van der Waals surface area (Å²) in [4.78, 5) is 19.6. The Morgan fingerprint density at radius 3 is 2.67 bits per heavy atom. The second kappa shape index (κ2) is 8.83. The van der Waals surface area contributed by atoms with Gasteiger partial charge in [-0.1, -0.05) is 11.6 Å². The zero-order chi connectivity index (χ0) is 23.2. The van der Waals surface area contributed by atoms with Crippen LogP contribution in [0.5, 0.6) is 0 Å². The number of nitrogens with one attached hydrogen (secondary N) is 1. The Balaban J connectivity index is 1.58. The molecule has 0 amide bonds. The molecule has 5 rings (SSSR count). The zero-order valence-electron chi connectivity index (χ0n) is 18.7. The van der Waals surface area contributed by atoms with E-state index in [9.17, 15) is 8.42 Å². The number of morpholine rings is 1. The molecular weight excluding hydrogens is 464 g/mol. The standard InChI is InChI=1S/C22H27ClN6O3S/c1-14-13-32-10-9-29(14)20-12-18(15-4-7-28(8-5-15)33(2,30)31)25-22(27-20)17-11-19(23)26-21-16(17)3-6-24-21/h3,6,11-12,14-15H,4-5,7-10,13H2,1-2H3,(H,24,26)/t14-/m1/s1. The van der Waals surface area contributed by atoms with E-state index < -0.39 is 10.0 Å². The van der Waals surface area contributed by atoms with E-state index in [-0.39, 0.29) is 12.0 Å². The van der Waals surface area contributed by atoms with E-state index in [0.29, 0.717) is 42.9 Å². The molecule has 0 radical (unpaired) electrons. The normalized spacial score (nSPS) is 21.1. The highest BCUT2D eigenvalue weighted by Crippen LogP contribution is 2.34. The lowest BCUT2D eigenvalue weighted by molar-refractivity contribution is 0.0985. The van der Waals surface area contributed by atoms with Gasteiger partial charge in [-0.25, -0.2) is 27.7 Å². The average molecular weight is 491 g/mol. The predicted octanol–water partition coefficient (Wildman–Crippen LogP) is 3.04.